The number of fused-ring (bicyclic) bond motifs is 1. The molecule has 1 N–H and O–H groups in total. The molecule has 3 rings (SSSR count). The van der Waals surface area contributed by atoms with Gasteiger partial charge >= 0.3 is 0 Å². The van der Waals surface area contributed by atoms with Gasteiger partial charge in [0.2, 0.25) is 5.91 Å². The predicted octanol–water partition coefficient (Wildman–Crippen LogP) is 1.40. The van der Waals surface area contributed by atoms with Gasteiger partial charge in [-0.05, 0) is 43.7 Å². The van der Waals surface area contributed by atoms with E-state index in [1.165, 1.54) is 5.56 Å². The van der Waals surface area contributed by atoms with Gasteiger partial charge in [0.05, 0.1) is 5.56 Å². The molecule has 5 nitrogen and oxygen atoms in total. The molecule has 1 amide bonds. The van der Waals surface area contributed by atoms with Crippen LogP contribution in [0, 0.1) is 17.2 Å². The van der Waals surface area contributed by atoms with Crippen LogP contribution in [-0.4, -0.2) is 31.0 Å². The van der Waals surface area contributed by atoms with Gasteiger partial charge in [-0.25, -0.2) is 4.98 Å². The van der Waals surface area contributed by atoms with Crippen molar-refractivity contribution >= 4 is 11.7 Å². The van der Waals surface area contributed by atoms with Gasteiger partial charge in [0.1, 0.15) is 11.9 Å². The predicted molar refractivity (Wildman–Crippen MR) is 80.0 cm³/mol. The molecule has 1 aliphatic carbocycles. The second-order valence-electron chi connectivity index (χ2n) is 5.81. The van der Waals surface area contributed by atoms with Crippen molar-refractivity contribution in [3.63, 3.8) is 0 Å². The number of carbonyl (C=O) groups is 1. The van der Waals surface area contributed by atoms with E-state index in [0.29, 0.717) is 5.56 Å². The van der Waals surface area contributed by atoms with Gasteiger partial charge in [0.25, 0.3) is 0 Å². The summed E-state index contributed by atoms with van der Waals surface area (Å²) in [5.74, 6) is 1.02. The molecule has 2 aliphatic rings. The van der Waals surface area contributed by atoms with Crippen molar-refractivity contribution in [2.75, 3.05) is 25.0 Å². The number of pyridine rings is 1. The van der Waals surface area contributed by atoms with E-state index in [9.17, 15) is 10.1 Å². The molecule has 1 aromatic rings. The highest BCUT2D eigenvalue weighted by molar-refractivity contribution is 5.78. The molecule has 0 spiro atoms. The molecule has 0 radical (unpaired) electrons. The van der Waals surface area contributed by atoms with Gasteiger partial charge in [-0.2, -0.15) is 5.26 Å². The van der Waals surface area contributed by atoms with Crippen molar-refractivity contribution in [2.45, 2.75) is 32.1 Å². The van der Waals surface area contributed by atoms with Crippen molar-refractivity contribution in [1.82, 2.24) is 10.3 Å². The summed E-state index contributed by atoms with van der Waals surface area (Å²) >= 11 is 0. The zero-order valence-corrected chi connectivity index (χ0v) is 12.4. The lowest BCUT2D eigenvalue weighted by Crippen LogP contribution is -2.40. The fourth-order valence-corrected chi connectivity index (χ4v) is 3.34. The largest absolute Gasteiger partial charge is 0.359 e. The van der Waals surface area contributed by atoms with E-state index in [-0.39, 0.29) is 11.8 Å². The smallest absolute Gasteiger partial charge is 0.222 e. The van der Waals surface area contributed by atoms with Gasteiger partial charge in [-0.1, -0.05) is 0 Å². The Bertz CT molecular complexity index is 597. The van der Waals surface area contributed by atoms with Crippen molar-refractivity contribution in [1.29, 1.82) is 5.26 Å². The molecule has 1 aliphatic heterocycles. The average molecular weight is 284 g/mol. The van der Waals surface area contributed by atoms with Crippen LogP contribution >= 0.6 is 0 Å². The molecular weight excluding hydrogens is 264 g/mol. The van der Waals surface area contributed by atoms with E-state index in [1.807, 2.05) is 6.07 Å². The maximum absolute atomic E-state index is 11.7. The molecule has 110 valence electrons. The molecule has 5 heteroatoms. The second-order valence-corrected chi connectivity index (χ2v) is 5.81. The highest BCUT2D eigenvalue weighted by atomic mass is 16.1. The summed E-state index contributed by atoms with van der Waals surface area (Å²) in [6.07, 6.45) is 4.83. The van der Waals surface area contributed by atoms with Gasteiger partial charge in [-0.15, -0.1) is 0 Å². The minimum atomic E-state index is 0.0891. The Morgan fingerprint density at radius 2 is 2.19 bits per heavy atom. The van der Waals surface area contributed by atoms with Gasteiger partial charge in [0.15, 0.2) is 0 Å². The summed E-state index contributed by atoms with van der Waals surface area (Å²) in [6.45, 7) is 1.58. The van der Waals surface area contributed by atoms with Crippen molar-refractivity contribution in [2.24, 2.45) is 5.92 Å². The zero-order chi connectivity index (χ0) is 14.8. The first-order valence-corrected chi connectivity index (χ1v) is 7.62. The van der Waals surface area contributed by atoms with Crippen LogP contribution in [-0.2, 0) is 17.6 Å². The number of rotatable bonds is 2. The third-order valence-electron chi connectivity index (χ3n) is 4.56. The van der Waals surface area contributed by atoms with Crippen LogP contribution in [0.1, 0.15) is 36.1 Å². The number of hydrogen-bond donors (Lipinski definition) is 1. The normalized spacial score (nSPS) is 18.2. The number of piperidine rings is 1. The number of aryl methyl sites for hydroxylation is 2. The third kappa shape index (κ3) is 2.58. The number of anilines is 1. The Morgan fingerprint density at radius 1 is 1.43 bits per heavy atom. The van der Waals surface area contributed by atoms with Crippen LogP contribution in [0.25, 0.3) is 0 Å². The quantitative estimate of drug-likeness (QED) is 0.891. The number of nitriles is 1. The van der Waals surface area contributed by atoms with Gasteiger partial charge in [-0.3, -0.25) is 4.79 Å². The highest BCUT2D eigenvalue weighted by Crippen LogP contribution is 2.29. The van der Waals surface area contributed by atoms with E-state index >= 15 is 0 Å². The minimum Gasteiger partial charge on any atom is -0.359 e. The van der Waals surface area contributed by atoms with E-state index in [4.69, 9.17) is 4.98 Å². The molecule has 0 saturated carbocycles. The Morgan fingerprint density at radius 3 is 2.86 bits per heavy atom. The lowest BCUT2D eigenvalue weighted by atomic mass is 9.95. The Balaban J connectivity index is 1.79. The first-order valence-electron chi connectivity index (χ1n) is 7.62. The van der Waals surface area contributed by atoms with Crippen LogP contribution < -0.4 is 10.2 Å². The lowest BCUT2D eigenvalue weighted by Gasteiger charge is -2.32. The van der Waals surface area contributed by atoms with Crippen LogP contribution in [0.4, 0.5) is 5.82 Å². The maximum Gasteiger partial charge on any atom is 0.222 e. The monoisotopic (exact) mass is 284 g/mol. The summed E-state index contributed by atoms with van der Waals surface area (Å²) in [5, 5.41) is 12.1. The number of aromatic nitrogens is 1. The summed E-state index contributed by atoms with van der Waals surface area (Å²) < 4.78 is 0. The standard InChI is InChI=1S/C16H20N4O/c1-18-16(21)11-5-7-20(8-6-11)15-13(10-17)9-12-3-2-4-14(12)19-15/h9,11H,2-8H2,1H3,(H,18,21). The van der Waals surface area contributed by atoms with E-state index < -0.39 is 0 Å². The first kappa shape index (κ1) is 13.9. The molecule has 2 heterocycles. The topological polar surface area (TPSA) is 69.0 Å². The number of nitrogens with zero attached hydrogens (tertiary/aromatic N) is 3. The highest BCUT2D eigenvalue weighted by Gasteiger charge is 2.27. The summed E-state index contributed by atoms with van der Waals surface area (Å²) in [7, 11) is 1.69. The SMILES string of the molecule is CNC(=O)C1CCN(c2nc3c(cc2C#N)CCC3)CC1. The number of carbonyl (C=O) groups excluding carboxylic acids is 1. The van der Waals surface area contributed by atoms with Crippen LogP contribution in [0.15, 0.2) is 6.07 Å². The zero-order valence-electron chi connectivity index (χ0n) is 12.4. The van der Waals surface area contributed by atoms with Gasteiger partial charge in [0, 0.05) is 31.7 Å². The number of amides is 1. The van der Waals surface area contributed by atoms with Crippen LogP contribution in [0.2, 0.25) is 0 Å². The molecule has 1 fully saturated rings. The fraction of sp³-hybridized carbons (Fsp3) is 0.562. The van der Waals surface area contributed by atoms with Crippen molar-refractivity contribution < 1.29 is 4.79 Å². The second kappa shape index (κ2) is 5.72. The van der Waals surface area contributed by atoms with Crippen molar-refractivity contribution in [3.05, 3.63) is 22.9 Å². The van der Waals surface area contributed by atoms with E-state index in [0.717, 1.165) is 56.7 Å². The lowest BCUT2D eigenvalue weighted by molar-refractivity contribution is -0.125. The van der Waals surface area contributed by atoms with Crippen molar-refractivity contribution in [3.8, 4) is 6.07 Å². The third-order valence-corrected chi connectivity index (χ3v) is 4.56. The Hall–Kier alpha value is -2.09. The van der Waals surface area contributed by atoms with Gasteiger partial charge < -0.3 is 10.2 Å². The Kier molecular flexibility index (Phi) is 3.78. The molecule has 1 saturated heterocycles. The molecule has 0 atom stereocenters. The Labute approximate surface area is 125 Å². The molecular formula is C16H20N4O. The molecule has 1 aromatic heterocycles. The molecule has 21 heavy (non-hydrogen) atoms. The van der Waals surface area contributed by atoms with Crippen LogP contribution in [0.3, 0.4) is 0 Å². The molecule has 0 aromatic carbocycles. The number of nitrogens with one attached hydrogen (secondary N) is 1. The number of hydrogen-bond acceptors (Lipinski definition) is 4. The van der Waals surface area contributed by atoms with E-state index in [2.05, 4.69) is 16.3 Å². The molecule has 0 bridgehead atoms. The summed E-state index contributed by atoms with van der Waals surface area (Å²) in [6, 6.07) is 4.29. The maximum atomic E-state index is 11.7. The fourth-order valence-electron chi connectivity index (χ4n) is 3.34. The summed E-state index contributed by atoms with van der Waals surface area (Å²) in [5.41, 5.74) is 3.06. The molecule has 0 unspecified atom stereocenters. The van der Waals surface area contributed by atoms with E-state index in [1.54, 1.807) is 7.05 Å². The first-order chi connectivity index (χ1) is 10.2. The average Bonchev–Trinajstić information content (AvgIpc) is 3.00. The van der Waals surface area contributed by atoms with Crippen LogP contribution in [0.5, 0.6) is 0 Å². The minimum absolute atomic E-state index is 0.0891. The summed E-state index contributed by atoms with van der Waals surface area (Å²) in [4.78, 5) is 18.6.